The third kappa shape index (κ3) is 4.13. The van der Waals surface area contributed by atoms with E-state index >= 15 is 0 Å². The van der Waals surface area contributed by atoms with E-state index in [2.05, 4.69) is 5.32 Å². The van der Waals surface area contributed by atoms with Crippen LogP contribution in [0.15, 0.2) is 24.3 Å². The van der Waals surface area contributed by atoms with Crippen LogP contribution < -0.4 is 5.32 Å². The van der Waals surface area contributed by atoms with Crippen molar-refractivity contribution in [3.63, 3.8) is 0 Å². The summed E-state index contributed by atoms with van der Waals surface area (Å²) in [6, 6.07) is 6.42. The standard InChI is InChI=1S/C18H24N2O4/c1-4-24-18(23)14-8-10-15(11-9-14)19-16(21)17(22)20-12(2)6-5-7-13(20)3/h8-13H,4-7H2,1-3H3,(H,19,21). The number of anilines is 1. The van der Waals surface area contributed by atoms with E-state index in [0.29, 0.717) is 17.9 Å². The quantitative estimate of drug-likeness (QED) is 0.682. The molecule has 0 radical (unpaired) electrons. The monoisotopic (exact) mass is 332 g/mol. The maximum atomic E-state index is 12.4. The van der Waals surface area contributed by atoms with Gasteiger partial charge in [-0.15, -0.1) is 0 Å². The molecule has 1 saturated heterocycles. The van der Waals surface area contributed by atoms with Crippen molar-refractivity contribution in [3.8, 4) is 0 Å². The summed E-state index contributed by atoms with van der Waals surface area (Å²) in [6.45, 7) is 5.97. The van der Waals surface area contributed by atoms with Gasteiger partial charge in [0, 0.05) is 17.8 Å². The normalized spacial score (nSPS) is 20.4. The van der Waals surface area contributed by atoms with Crippen molar-refractivity contribution in [2.45, 2.75) is 52.1 Å². The van der Waals surface area contributed by atoms with E-state index in [-0.39, 0.29) is 12.1 Å². The summed E-state index contributed by atoms with van der Waals surface area (Å²) in [5, 5.41) is 2.60. The van der Waals surface area contributed by atoms with Gasteiger partial charge in [0.2, 0.25) is 0 Å². The lowest BCUT2D eigenvalue weighted by Crippen LogP contribution is -2.51. The zero-order chi connectivity index (χ0) is 17.7. The van der Waals surface area contributed by atoms with Crippen LogP contribution in [0.25, 0.3) is 0 Å². The maximum absolute atomic E-state index is 12.4. The minimum Gasteiger partial charge on any atom is -0.462 e. The first kappa shape index (κ1) is 18.0. The first-order chi connectivity index (χ1) is 11.4. The van der Waals surface area contributed by atoms with Crippen LogP contribution in [0.3, 0.4) is 0 Å². The maximum Gasteiger partial charge on any atom is 0.338 e. The van der Waals surface area contributed by atoms with Gasteiger partial charge in [-0.25, -0.2) is 4.79 Å². The predicted molar refractivity (Wildman–Crippen MR) is 90.6 cm³/mol. The van der Waals surface area contributed by atoms with E-state index in [4.69, 9.17) is 4.74 Å². The number of hydrogen-bond acceptors (Lipinski definition) is 4. The number of carbonyl (C=O) groups is 3. The zero-order valence-corrected chi connectivity index (χ0v) is 14.4. The predicted octanol–water partition coefficient (Wildman–Crippen LogP) is 2.59. The van der Waals surface area contributed by atoms with Crippen LogP contribution in [-0.2, 0) is 14.3 Å². The molecule has 6 nitrogen and oxygen atoms in total. The molecule has 2 rings (SSSR count). The van der Waals surface area contributed by atoms with Gasteiger partial charge in [-0.1, -0.05) is 0 Å². The molecule has 6 heteroatoms. The second-order valence-electron chi connectivity index (χ2n) is 6.09. The Hall–Kier alpha value is -2.37. The summed E-state index contributed by atoms with van der Waals surface area (Å²) in [4.78, 5) is 37.9. The first-order valence-corrected chi connectivity index (χ1v) is 8.34. The van der Waals surface area contributed by atoms with Gasteiger partial charge in [0.25, 0.3) is 0 Å². The summed E-state index contributed by atoms with van der Waals surface area (Å²) in [5.74, 6) is -1.58. The number of rotatable bonds is 3. The molecule has 2 unspecified atom stereocenters. The Labute approximate surface area is 142 Å². The highest BCUT2D eigenvalue weighted by molar-refractivity contribution is 6.39. The molecule has 1 fully saturated rings. The molecule has 2 atom stereocenters. The summed E-state index contributed by atoms with van der Waals surface area (Å²) < 4.78 is 4.90. The molecule has 1 aromatic rings. The molecule has 130 valence electrons. The van der Waals surface area contributed by atoms with Crippen molar-refractivity contribution < 1.29 is 19.1 Å². The number of carbonyl (C=O) groups excluding carboxylic acids is 3. The Morgan fingerprint density at radius 2 is 1.71 bits per heavy atom. The lowest BCUT2D eigenvalue weighted by molar-refractivity contribution is -0.147. The van der Waals surface area contributed by atoms with Crippen LogP contribution in [-0.4, -0.2) is 41.4 Å². The van der Waals surface area contributed by atoms with Gasteiger partial charge >= 0.3 is 17.8 Å². The van der Waals surface area contributed by atoms with Gasteiger partial charge in [-0.05, 0) is 64.3 Å². The smallest absolute Gasteiger partial charge is 0.338 e. The van der Waals surface area contributed by atoms with Crippen molar-refractivity contribution in [1.82, 2.24) is 4.90 Å². The average Bonchev–Trinajstić information content (AvgIpc) is 2.55. The molecule has 1 heterocycles. The Morgan fingerprint density at radius 1 is 1.12 bits per heavy atom. The zero-order valence-electron chi connectivity index (χ0n) is 14.4. The number of ether oxygens (including phenoxy) is 1. The van der Waals surface area contributed by atoms with E-state index in [0.717, 1.165) is 19.3 Å². The fraction of sp³-hybridized carbons (Fsp3) is 0.500. The first-order valence-electron chi connectivity index (χ1n) is 8.34. The highest BCUT2D eigenvalue weighted by atomic mass is 16.5. The Morgan fingerprint density at radius 3 is 2.25 bits per heavy atom. The molecule has 1 aliphatic rings. The third-order valence-electron chi connectivity index (χ3n) is 4.28. The minimum atomic E-state index is -0.653. The molecule has 0 spiro atoms. The number of nitrogens with one attached hydrogen (secondary N) is 1. The molecule has 1 aliphatic heterocycles. The third-order valence-corrected chi connectivity index (χ3v) is 4.28. The minimum absolute atomic E-state index is 0.0678. The summed E-state index contributed by atoms with van der Waals surface area (Å²) in [5.41, 5.74) is 0.873. The fourth-order valence-corrected chi connectivity index (χ4v) is 3.03. The van der Waals surface area contributed by atoms with Crippen LogP contribution in [0.1, 0.15) is 50.4 Å². The topological polar surface area (TPSA) is 75.7 Å². The van der Waals surface area contributed by atoms with E-state index in [9.17, 15) is 14.4 Å². The Kier molecular flexibility index (Phi) is 5.95. The largest absolute Gasteiger partial charge is 0.462 e. The van der Waals surface area contributed by atoms with Crippen molar-refractivity contribution in [2.24, 2.45) is 0 Å². The average molecular weight is 332 g/mol. The number of amides is 2. The number of nitrogens with zero attached hydrogens (tertiary/aromatic N) is 1. The highest BCUT2D eigenvalue weighted by Crippen LogP contribution is 2.23. The van der Waals surface area contributed by atoms with Crippen LogP contribution in [0.2, 0.25) is 0 Å². The van der Waals surface area contributed by atoms with Crippen LogP contribution in [0, 0.1) is 0 Å². The molecule has 0 saturated carbocycles. The van der Waals surface area contributed by atoms with Gasteiger partial charge in [-0.2, -0.15) is 0 Å². The SMILES string of the molecule is CCOC(=O)c1ccc(NC(=O)C(=O)N2C(C)CCCC2C)cc1. The van der Waals surface area contributed by atoms with Gasteiger partial charge in [-0.3, -0.25) is 9.59 Å². The molecule has 1 N–H and O–H groups in total. The molecule has 0 bridgehead atoms. The number of hydrogen-bond donors (Lipinski definition) is 1. The number of likely N-dealkylation sites (tertiary alicyclic amines) is 1. The molecule has 1 aromatic carbocycles. The van der Waals surface area contributed by atoms with Gasteiger partial charge in [0.1, 0.15) is 0 Å². The van der Waals surface area contributed by atoms with Crippen molar-refractivity contribution in [2.75, 3.05) is 11.9 Å². The Balaban J connectivity index is 2.01. The number of benzene rings is 1. The van der Waals surface area contributed by atoms with E-state index in [1.807, 2.05) is 13.8 Å². The summed E-state index contributed by atoms with van der Waals surface area (Å²) in [6.07, 6.45) is 2.90. The van der Waals surface area contributed by atoms with Gasteiger partial charge in [0.15, 0.2) is 0 Å². The molecule has 0 aliphatic carbocycles. The molecule has 0 aromatic heterocycles. The van der Waals surface area contributed by atoms with Gasteiger partial charge in [0.05, 0.1) is 12.2 Å². The fourth-order valence-electron chi connectivity index (χ4n) is 3.03. The second-order valence-corrected chi connectivity index (χ2v) is 6.09. The highest BCUT2D eigenvalue weighted by Gasteiger charge is 2.32. The van der Waals surface area contributed by atoms with Crippen molar-refractivity contribution >= 4 is 23.5 Å². The van der Waals surface area contributed by atoms with Crippen molar-refractivity contribution in [1.29, 1.82) is 0 Å². The molecular formula is C18H24N2O4. The lowest BCUT2D eigenvalue weighted by Gasteiger charge is -2.38. The van der Waals surface area contributed by atoms with Crippen LogP contribution in [0.5, 0.6) is 0 Å². The van der Waals surface area contributed by atoms with E-state index < -0.39 is 17.8 Å². The molecular weight excluding hydrogens is 308 g/mol. The van der Waals surface area contributed by atoms with E-state index in [1.54, 1.807) is 36.1 Å². The second kappa shape index (κ2) is 7.95. The van der Waals surface area contributed by atoms with E-state index in [1.165, 1.54) is 0 Å². The van der Waals surface area contributed by atoms with Gasteiger partial charge < -0.3 is 15.0 Å². The van der Waals surface area contributed by atoms with Crippen LogP contribution in [0.4, 0.5) is 5.69 Å². The number of piperidine rings is 1. The molecule has 24 heavy (non-hydrogen) atoms. The van der Waals surface area contributed by atoms with Crippen LogP contribution >= 0.6 is 0 Å². The molecule has 2 amide bonds. The Bertz CT molecular complexity index is 602. The lowest BCUT2D eigenvalue weighted by atomic mass is 9.97. The van der Waals surface area contributed by atoms with Crippen molar-refractivity contribution in [3.05, 3.63) is 29.8 Å². The summed E-state index contributed by atoms with van der Waals surface area (Å²) >= 11 is 0. The number of esters is 1. The summed E-state index contributed by atoms with van der Waals surface area (Å²) in [7, 11) is 0.